The number of amidine groups is 1. The van der Waals surface area contributed by atoms with Gasteiger partial charge in [-0.3, -0.25) is 0 Å². The molecule has 1 saturated heterocycles. The minimum Gasteiger partial charge on any atom is -0.493 e. The zero-order valence-corrected chi connectivity index (χ0v) is 13.6. The minimum atomic E-state index is -1.05. The summed E-state index contributed by atoms with van der Waals surface area (Å²) in [7, 11) is 1.57. The van der Waals surface area contributed by atoms with E-state index in [-0.39, 0.29) is 12.6 Å². The van der Waals surface area contributed by atoms with Crippen molar-refractivity contribution in [2.45, 2.75) is 32.6 Å². The first-order valence-corrected chi connectivity index (χ1v) is 7.57. The molecule has 2 bridgehead atoms. The second kappa shape index (κ2) is 6.38. The Morgan fingerprint density at radius 3 is 2.83 bits per heavy atom. The molecule has 3 rings (SSSR count). The van der Waals surface area contributed by atoms with Gasteiger partial charge in [-0.25, -0.2) is 14.6 Å². The number of carbonyl (C=O) groups excluding carboxylic acids is 2. The maximum absolute atomic E-state index is 11.5. The van der Waals surface area contributed by atoms with Crippen LogP contribution in [0.25, 0.3) is 0 Å². The number of rotatable bonds is 5. The third-order valence-electron chi connectivity index (χ3n) is 3.49. The molecule has 2 heterocycles. The van der Waals surface area contributed by atoms with Gasteiger partial charge in [0.05, 0.1) is 13.2 Å². The summed E-state index contributed by atoms with van der Waals surface area (Å²) in [5, 5.41) is 1.29. The molecular formula is C16H18N2O6. The molecule has 2 aliphatic rings. The number of fused-ring (bicyclic) bond motifs is 2. The molecule has 0 N–H and O–H groups in total. The molecule has 0 amide bonds. The second-order valence-corrected chi connectivity index (χ2v) is 5.64. The summed E-state index contributed by atoms with van der Waals surface area (Å²) in [5.41, 5.74) is 0.829. The molecule has 1 unspecified atom stereocenters. The molecule has 1 aromatic carbocycles. The Bertz CT molecular complexity index is 700. The van der Waals surface area contributed by atoms with Crippen LogP contribution in [-0.4, -0.2) is 48.8 Å². The molecule has 0 aromatic heterocycles. The number of aliphatic imine (C=N–C) groups is 1. The Hall–Kier alpha value is -2.77. The summed E-state index contributed by atoms with van der Waals surface area (Å²) in [6.07, 6.45) is -0.424. The Morgan fingerprint density at radius 1 is 1.33 bits per heavy atom. The number of methoxy groups -OCH3 is 1. The molecular weight excluding hydrogens is 316 g/mol. The molecule has 0 aliphatic carbocycles. The van der Waals surface area contributed by atoms with Crippen LogP contribution in [0.4, 0.5) is 0 Å². The first-order chi connectivity index (χ1) is 11.5. The van der Waals surface area contributed by atoms with E-state index in [1.807, 2.05) is 32.0 Å². The molecule has 8 nitrogen and oxygen atoms in total. The molecule has 1 atom stereocenters. The van der Waals surface area contributed by atoms with Gasteiger partial charge in [-0.15, -0.1) is 0 Å². The monoisotopic (exact) mass is 334 g/mol. The van der Waals surface area contributed by atoms with Crippen molar-refractivity contribution in [3.8, 4) is 11.5 Å². The average molecular weight is 334 g/mol. The Labute approximate surface area is 138 Å². The topological polar surface area (TPSA) is 86.7 Å². The number of hydrogen-bond acceptors (Lipinski definition) is 8. The number of carbonyl (C=O) groups is 2. The third kappa shape index (κ3) is 3.12. The normalized spacial score (nSPS) is 19.6. The van der Waals surface area contributed by atoms with E-state index in [1.165, 1.54) is 5.06 Å². The largest absolute Gasteiger partial charge is 0.493 e. The Balaban J connectivity index is 1.88. The maximum atomic E-state index is 11.5. The molecule has 2 aliphatic heterocycles. The van der Waals surface area contributed by atoms with Crippen LogP contribution in [0.1, 0.15) is 19.4 Å². The Kier molecular flexibility index (Phi) is 4.28. The van der Waals surface area contributed by atoms with E-state index >= 15 is 0 Å². The summed E-state index contributed by atoms with van der Waals surface area (Å²) >= 11 is 0. The first kappa shape index (κ1) is 16.1. The zero-order chi connectivity index (χ0) is 17.3. The zero-order valence-electron chi connectivity index (χ0n) is 13.6. The number of nitrogens with zero attached hydrogens (tertiary/aromatic N) is 2. The number of hydroxylamine groups is 2. The van der Waals surface area contributed by atoms with E-state index in [0.717, 1.165) is 5.56 Å². The average Bonchev–Trinajstić information content (AvgIpc) is 2.82. The van der Waals surface area contributed by atoms with Crippen LogP contribution < -0.4 is 9.47 Å². The van der Waals surface area contributed by atoms with Crippen molar-refractivity contribution in [3.05, 3.63) is 23.8 Å². The highest BCUT2D eigenvalue weighted by Gasteiger charge is 2.38. The van der Waals surface area contributed by atoms with Gasteiger partial charge in [-0.05, 0) is 19.9 Å². The first-order valence-electron chi connectivity index (χ1n) is 7.57. The van der Waals surface area contributed by atoms with Crippen molar-refractivity contribution in [2.75, 3.05) is 13.7 Å². The second-order valence-electron chi connectivity index (χ2n) is 5.64. The summed E-state index contributed by atoms with van der Waals surface area (Å²) in [4.78, 5) is 32.1. The lowest BCUT2D eigenvalue weighted by Gasteiger charge is -2.20. The van der Waals surface area contributed by atoms with Gasteiger partial charge >= 0.3 is 11.9 Å². The van der Waals surface area contributed by atoms with Gasteiger partial charge in [-0.1, -0.05) is 12.1 Å². The van der Waals surface area contributed by atoms with Gasteiger partial charge in [0.25, 0.3) is 0 Å². The van der Waals surface area contributed by atoms with Gasteiger partial charge in [0.2, 0.25) is 6.23 Å². The van der Waals surface area contributed by atoms with Gasteiger partial charge in [0.1, 0.15) is 12.4 Å². The highest BCUT2D eigenvalue weighted by molar-refractivity contribution is 6.30. The van der Waals surface area contributed by atoms with Gasteiger partial charge in [-0.2, -0.15) is 5.06 Å². The fourth-order valence-electron chi connectivity index (χ4n) is 2.52. The van der Waals surface area contributed by atoms with Crippen LogP contribution in [0.5, 0.6) is 11.5 Å². The summed E-state index contributed by atoms with van der Waals surface area (Å²) < 4.78 is 16.1. The van der Waals surface area contributed by atoms with E-state index in [2.05, 4.69) is 4.99 Å². The van der Waals surface area contributed by atoms with Gasteiger partial charge in [0.15, 0.2) is 11.5 Å². The van der Waals surface area contributed by atoms with E-state index in [9.17, 15) is 9.59 Å². The van der Waals surface area contributed by atoms with Crippen LogP contribution >= 0.6 is 0 Å². The number of esters is 1. The lowest BCUT2D eigenvalue weighted by Crippen LogP contribution is -2.33. The van der Waals surface area contributed by atoms with Gasteiger partial charge < -0.3 is 19.0 Å². The lowest BCUT2D eigenvalue weighted by molar-refractivity contribution is -0.179. The predicted molar refractivity (Wildman–Crippen MR) is 82.6 cm³/mol. The summed E-state index contributed by atoms with van der Waals surface area (Å²) in [6.45, 7) is 4.04. The number of benzene rings is 1. The summed E-state index contributed by atoms with van der Waals surface area (Å²) in [6, 6.07) is 5.54. The minimum absolute atomic E-state index is 0.0351. The van der Waals surface area contributed by atoms with Crippen molar-refractivity contribution in [2.24, 2.45) is 4.99 Å². The number of hydrogen-bond donors (Lipinski definition) is 0. The molecule has 1 aromatic rings. The molecule has 8 heteroatoms. The van der Waals surface area contributed by atoms with Crippen molar-refractivity contribution < 1.29 is 28.6 Å². The Morgan fingerprint density at radius 2 is 2.12 bits per heavy atom. The highest BCUT2D eigenvalue weighted by atomic mass is 16.7. The summed E-state index contributed by atoms with van der Waals surface area (Å²) in [5.74, 6) is -0.368. The van der Waals surface area contributed by atoms with Crippen LogP contribution in [0.3, 0.4) is 0 Å². The number of para-hydroxylation sites is 1. The van der Waals surface area contributed by atoms with E-state index in [0.29, 0.717) is 23.8 Å². The standard InChI is InChI=1S/C16H18N2O6/c1-9(2)22-14-10(5-4-6-11(14)21-3)7-12-17-13-8-18(12)24-16(20)15(19)23-13/h4-6,9,13H,7-8H2,1-3H3. The number of ether oxygens (including phenoxy) is 3. The van der Waals surface area contributed by atoms with Crippen LogP contribution in [-0.2, 0) is 25.6 Å². The van der Waals surface area contributed by atoms with E-state index < -0.39 is 18.2 Å². The highest BCUT2D eigenvalue weighted by Crippen LogP contribution is 2.33. The van der Waals surface area contributed by atoms with Crippen molar-refractivity contribution in [3.63, 3.8) is 0 Å². The van der Waals surface area contributed by atoms with Crippen LogP contribution in [0.2, 0.25) is 0 Å². The van der Waals surface area contributed by atoms with Crippen molar-refractivity contribution in [1.82, 2.24) is 5.06 Å². The van der Waals surface area contributed by atoms with Crippen molar-refractivity contribution >= 4 is 17.8 Å². The van der Waals surface area contributed by atoms with Crippen LogP contribution in [0, 0.1) is 0 Å². The van der Waals surface area contributed by atoms with Gasteiger partial charge in [0, 0.05) is 12.0 Å². The molecule has 128 valence electrons. The smallest absolute Gasteiger partial charge is 0.441 e. The molecule has 0 spiro atoms. The predicted octanol–water partition coefficient (Wildman–Crippen LogP) is 1.08. The van der Waals surface area contributed by atoms with E-state index in [1.54, 1.807) is 7.11 Å². The molecule has 0 saturated carbocycles. The maximum Gasteiger partial charge on any atom is 0.441 e. The van der Waals surface area contributed by atoms with E-state index in [4.69, 9.17) is 19.0 Å². The fraction of sp³-hybridized carbons (Fsp3) is 0.438. The van der Waals surface area contributed by atoms with Crippen LogP contribution in [0.15, 0.2) is 23.2 Å². The fourth-order valence-corrected chi connectivity index (χ4v) is 2.52. The van der Waals surface area contributed by atoms with Crippen molar-refractivity contribution in [1.29, 1.82) is 0 Å². The quantitative estimate of drug-likeness (QED) is 0.588. The third-order valence-corrected chi connectivity index (χ3v) is 3.49. The molecule has 24 heavy (non-hydrogen) atoms. The molecule has 1 fully saturated rings. The lowest BCUT2D eigenvalue weighted by atomic mass is 10.1. The molecule has 0 radical (unpaired) electrons. The SMILES string of the molecule is COc1cccc(CC2=NC3CN2OC(=O)C(=O)O3)c1OC(C)C.